The van der Waals surface area contributed by atoms with Gasteiger partial charge in [-0.25, -0.2) is 0 Å². The molecule has 1 aromatic rings. The number of benzene rings is 1. The van der Waals surface area contributed by atoms with E-state index in [4.69, 9.17) is 10.00 Å². The molecule has 0 fully saturated rings. The zero-order chi connectivity index (χ0) is 10.1. The van der Waals surface area contributed by atoms with Crippen LogP contribution in [0, 0.1) is 11.3 Å². The minimum atomic E-state index is -0.726. The molecule has 2 N–H and O–H groups in total. The Morgan fingerprint density at radius 2 is 2.43 bits per heavy atom. The van der Waals surface area contributed by atoms with E-state index in [0.717, 1.165) is 0 Å². The lowest BCUT2D eigenvalue weighted by Crippen LogP contribution is -2.39. The van der Waals surface area contributed by atoms with E-state index in [1.807, 2.05) is 6.07 Å². The fraction of sp³-hybridized carbons (Fsp3) is 0.300. The largest absolute Gasteiger partial charge is 0.484 e. The van der Waals surface area contributed by atoms with Gasteiger partial charge in [0.1, 0.15) is 11.9 Å². The van der Waals surface area contributed by atoms with Crippen molar-refractivity contribution in [3.63, 3.8) is 0 Å². The molecular weight excluding hydrogens is 180 g/mol. The molecule has 2 rings (SSSR count). The second-order valence-corrected chi connectivity index (χ2v) is 3.23. The smallest absolute Gasteiger partial charge is 0.161 e. The van der Waals surface area contributed by atoms with Crippen molar-refractivity contribution in [2.45, 2.75) is 19.3 Å². The number of nitrogens with one attached hydrogen (secondary N) is 1. The molecule has 1 aliphatic heterocycles. The topological polar surface area (TPSA) is 65.3 Å². The van der Waals surface area contributed by atoms with Crippen molar-refractivity contribution in [1.82, 2.24) is 0 Å². The molecule has 2 atom stereocenters. The number of nitrogens with zero attached hydrogens (tertiary/aromatic N) is 1. The van der Waals surface area contributed by atoms with Gasteiger partial charge in [-0.2, -0.15) is 5.26 Å². The molecule has 0 saturated carbocycles. The molecule has 4 nitrogen and oxygen atoms in total. The number of anilines is 1. The molecule has 2 unspecified atom stereocenters. The predicted octanol–water partition coefficient (Wildman–Crippen LogP) is 1.32. The van der Waals surface area contributed by atoms with Crippen molar-refractivity contribution in [2.75, 3.05) is 5.32 Å². The van der Waals surface area contributed by atoms with E-state index in [-0.39, 0.29) is 7.53 Å². The lowest BCUT2D eigenvalue weighted by molar-refractivity contribution is 0.0569. The fourth-order valence-electron chi connectivity index (χ4n) is 1.36. The molecule has 0 saturated heterocycles. The van der Waals surface area contributed by atoms with Gasteiger partial charge >= 0.3 is 0 Å². The van der Waals surface area contributed by atoms with Gasteiger partial charge in [-0.05, 0) is 25.1 Å². The van der Waals surface area contributed by atoms with Crippen LogP contribution in [0.1, 0.15) is 13.9 Å². The summed E-state index contributed by atoms with van der Waals surface area (Å²) in [5.41, 5.74) is 1.20. The van der Waals surface area contributed by atoms with Crippen molar-refractivity contribution in [3.8, 4) is 11.8 Å². The van der Waals surface area contributed by atoms with Crippen molar-refractivity contribution in [1.29, 1.82) is 5.26 Å². The van der Waals surface area contributed by atoms with Gasteiger partial charge < -0.3 is 15.2 Å². The Hall–Kier alpha value is -1.73. The van der Waals surface area contributed by atoms with Crippen LogP contribution in [0.3, 0.4) is 0 Å². The number of rotatable bonds is 0. The molecule has 0 amide bonds. The normalized spacial score (nSPS) is 24.1. The van der Waals surface area contributed by atoms with Gasteiger partial charge in [-0.1, -0.05) is 0 Å². The highest BCUT2D eigenvalue weighted by atomic mass is 16.5. The fourth-order valence-corrected chi connectivity index (χ4v) is 1.36. The van der Waals surface area contributed by atoms with Crippen molar-refractivity contribution in [3.05, 3.63) is 23.8 Å². The van der Waals surface area contributed by atoms with Crippen LogP contribution in [0.25, 0.3) is 0 Å². The Morgan fingerprint density at radius 1 is 1.64 bits per heavy atom. The van der Waals surface area contributed by atoms with E-state index in [9.17, 15) is 5.11 Å². The Bertz CT molecular complexity index is 403. The van der Waals surface area contributed by atoms with Crippen LogP contribution in [-0.4, -0.2) is 17.4 Å². The number of hydrogen-bond donors (Lipinski definition) is 2. The Balaban J connectivity index is 0.00000112. The Kier molecular flexibility index (Phi) is 2.02. The maximum Gasteiger partial charge on any atom is 0.161 e. The summed E-state index contributed by atoms with van der Waals surface area (Å²) in [5.74, 6) is 0.668. The lowest BCUT2D eigenvalue weighted by Gasteiger charge is -2.29. The van der Waals surface area contributed by atoms with Crippen LogP contribution < -0.4 is 10.1 Å². The van der Waals surface area contributed by atoms with E-state index < -0.39 is 6.23 Å². The third-order valence-electron chi connectivity index (χ3n) is 2.17. The Morgan fingerprint density at radius 3 is 3.14 bits per heavy atom. The van der Waals surface area contributed by atoms with Crippen LogP contribution >= 0.6 is 0 Å². The maximum absolute atomic E-state index is 9.47. The van der Waals surface area contributed by atoms with Gasteiger partial charge in [0, 0.05) is 1.43 Å². The van der Waals surface area contributed by atoms with E-state index in [1.165, 1.54) is 0 Å². The van der Waals surface area contributed by atoms with E-state index >= 15 is 0 Å². The second-order valence-electron chi connectivity index (χ2n) is 3.23. The van der Waals surface area contributed by atoms with Crippen molar-refractivity contribution in [2.24, 2.45) is 0 Å². The average molecular weight is 192 g/mol. The number of hydrogen-bond acceptors (Lipinski definition) is 4. The molecule has 74 valence electrons. The lowest BCUT2D eigenvalue weighted by atomic mass is 10.1. The number of aliphatic hydroxyl groups excluding tert-OH is 1. The van der Waals surface area contributed by atoms with Crippen LogP contribution in [0.4, 0.5) is 5.69 Å². The number of nitriles is 1. The minimum absolute atomic E-state index is 0. The molecular formula is C10H12N2O2. The van der Waals surface area contributed by atoms with Gasteiger partial charge in [-0.3, -0.25) is 0 Å². The summed E-state index contributed by atoms with van der Waals surface area (Å²) in [6.45, 7) is 1.78. The summed E-state index contributed by atoms with van der Waals surface area (Å²) in [7, 11) is 0. The summed E-state index contributed by atoms with van der Waals surface area (Å²) >= 11 is 0. The van der Waals surface area contributed by atoms with Crippen molar-refractivity contribution < 1.29 is 11.3 Å². The quantitative estimate of drug-likeness (QED) is 0.650. The number of fused-ring (bicyclic) bond motifs is 1. The van der Waals surface area contributed by atoms with Gasteiger partial charge in [-0.15, -0.1) is 0 Å². The molecule has 14 heavy (non-hydrogen) atoms. The van der Waals surface area contributed by atoms with Crippen LogP contribution in [-0.2, 0) is 0 Å². The van der Waals surface area contributed by atoms with Gasteiger partial charge in [0.2, 0.25) is 0 Å². The first kappa shape index (κ1) is 8.85. The zero-order valence-electron chi connectivity index (χ0n) is 7.69. The van der Waals surface area contributed by atoms with Crippen LogP contribution in [0.2, 0.25) is 0 Å². The zero-order valence-corrected chi connectivity index (χ0v) is 7.69. The van der Waals surface area contributed by atoms with Crippen molar-refractivity contribution >= 4 is 5.69 Å². The SMILES string of the molecule is CC1Oc2ccc(C#N)cc2NC1O.[HH]. The third kappa shape index (κ3) is 1.38. The van der Waals surface area contributed by atoms with Gasteiger partial charge in [0.25, 0.3) is 0 Å². The Labute approximate surface area is 83.2 Å². The first-order chi connectivity index (χ1) is 6.70. The summed E-state index contributed by atoms with van der Waals surface area (Å²) in [4.78, 5) is 0. The molecule has 1 aromatic carbocycles. The molecule has 1 aliphatic rings. The highest BCUT2D eigenvalue weighted by molar-refractivity contribution is 5.61. The first-order valence-electron chi connectivity index (χ1n) is 4.36. The van der Waals surface area contributed by atoms with E-state index in [2.05, 4.69) is 5.32 Å². The maximum atomic E-state index is 9.47. The second kappa shape index (κ2) is 3.20. The van der Waals surface area contributed by atoms with Gasteiger partial charge in [0.15, 0.2) is 6.23 Å². The molecule has 0 aromatic heterocycles. The highest BCUT2D eigenvalue weighted by Crippen LogP contribution is 2.31. The number of ether oxygens (including phenoxy) is 1. The molecule has 0 radical (unpaired) electrons. The monoisotopic (exact) mass is 192 g/mol. The standard InChI is InChI=1S/C10H10N2O2.H2/c1-6-10(13)12-8-4-7(5-11)2-3-9(8)14-6;/h2-4,6,10,12-13H,1H3;1H. The summed E-state index contributed by atoms with van der Waals surface area (Å²) in [5, 5.41) is 21.0. The summed E-state index contributed by atoms with van der Waals surface area (Å²) in [6, 6.07) is 7.09. The molecule has 0 aliphatic carbocycles. The summed E-state index contributed by atoms with van der Waals surface area (Å²) < 4.78 is 5.42. The first-order valence-corrected chi connectivity index (χ1v) is 4.36. The molecule has 4 heteroatoms. The molecule has 0 spiro atoms. The van der Waals surface area contributed by atoms with Crippen LogP contribution in [0.15, 0.2) is 18.2 Å². The molecule has 0 bridgehead atoms. The number of aliphatic hydroxyl groups is 1. The average Bonchev–Trinajstić information content (AvgIpc) is 2.19. The molecule has 1 heterocycles. The van der Waals surface area contributed by atoms with E-state index in [0.29, 0.717) is 17.0 Å². The van der Waals surface area contributed by atoms with E-state index in [1.54, 1.807) is 25.1 Å². The predicted molar refractivity (Wildman–Crippen MR) is 53.0 cm³/mol. The third-order valence-corrected chi connectivity index (χ3v) is 2.17. The van der Waals surface area contributed by atoms with Gasteiger partial charge in [0.05, 0.1) is 17.3 Å². The van der Waals surface area contributed by atoms with Crippen LogP contribution in [0.5, 0.6) is 5.75 Å². The minimum Gasteiger partial charge on any atom is -0.484 e. The highest BCUT2D eigenvalue weighted by Gasteiger charge is 2.23. The summed E-state index contributed by atoms with van der Waals surface area (Å²) in [6.07, 6.45) is -1.01.